The fraction of sp³-hybridized carbons (Fsp3) is 0.533. The van der Waals surface area contributed by atoms with E-state index in [0.717, 1.165) is 29.5 Å². The van der Waals surface area contributed by atoms with Gasteiger partial charge in [0.1, 0.15) is 0 Å². The van der Waals surface area contributed by atoms with Gasteiger partial charge in [-0.05, 0) is 61.2 Å². The zero-order chi connectivity index (χ0) is 14.3. The average molecular weight is 328 g/mol. The van der Waals surface area contributed by atoms with Crippen LogP contribution in [-0.2, 0) is 4.74 Å². The molecule has 0 bridgehead atoms. The molecular formula is C15H22BrNO2. The summed E-state index contributed by atoms with van der Waals surface area (Å²) in [7, 11) is 0. The first kappa shape index (κ1) is 16.2. The Kier molecular flexibility index (Phi) is 7.10. The third-order valence-corrected chi connectivity index (χ3v) is 3.80. The molecule has 4 heteroatoms. The van der Waals surface area contributed by atoms with Gasteiger partial charge in [0.25, 0.3) is 5.91 Å². The number of unbranched alkanes of at least 4 members (excludes halogenated alkanes) is 1. The Morgan fingerprint density at radius 1 is 1.37 bits per heavy atom. The molecule has 106 valence electrons. The quantitative estimate of drug-likeness (QED) is 0.775. The van der Waals surface area contributed by atoms with Crippen molar-refractivity contribution in [2.75, 3.05) is 13.2 Å². The van der Waals surface area contributed by atoms with Crippen LogP contribution in [0.5, 0.6) is 0 Å². The Labute approximate surface area is 123 Å². The highest BCUT2D eigenvalue weighted by atomic mass is 79.9. The van der Waals surface area contributed by atoms with E-state index in [2.05, 4.69) is 21.2 Å². The number of carbonyl (C=O) groups is 1. The Morgan fingerprint density at radius 2 is 2.11 bits per heavy atom. The molecule has 1 aromatic carbocycles. The van der Waals surface area contributed by atoms with Crippen molar-refractivity contribution < 1.29 is 9.53 Å². The molecule has 0 unspecified atom stereocenters. The second-order valence-electron chi connectivity index (χ2n) is 4.82. The largest absolute Gasteiger partial charge is 0.379 e. The molecule has 0 radical (unpaired) electrons. The van der Waals surface area contributed by atoms with Gasteiger partial charge >= 0.3 is 0 Å². The lowest BCUT2D eigenvalue weighted by Gasteiger charge is -2.09. The predicted octanol–water partition coefficient (Wildman–Crippen LogP) is 3.69. The van der Waals surface area contributed by atoms with Gasteiger partial charge < -0.3 is 10.1 Å². The van der Waals surface area contributed by atoms with E-state index in [-0.39, 0.29) is 12.0 Å². The van der Waals surface area contributed by atoms with Gasteiger partial charge in [-0.1, -0.05) is 12.1 Å². The van der Waals surface area contributed by atoms with Gasteiger partial charge in [-0.2, -0.15) is 0 Å². The molecule has 0 aliphatic heterocycles. The molecular weight excluding hydrogens is 306 g/mol. The molecule has 0 saturated heterocycles. The van der Waals surface area contributed by atoms with Gasteiger partial charge in [0, 0.05) is 17.6 Å². The topological polar surface area (TPSA) is 38.3 Å². The Hall–Kier alpha value is -0.870. The summed E-state index contributed by atoms with van der Waals surface area (Å²) < 4.78 is 6.32. The molecule has 19 heavy (non-hydrogen) atoms. The monoisotopic (exact) mass is 327 g/mol. The zero-order valence-electron chi connectivity index (χ0n) is 11.8. The van der Waals surface area contributed by atoms with E-state index < -0.39 is 0 Å². The number of hydrogen-bond acceptors (Lipinski definition) is 2. The van der Waals surface area contributed by atoms with Crippen molar-refractivity contribution in [2.24, 2.45) is 0 Å². The number of nitrogens with one attached hydrogen (secondary N) is 1. The van der Waals surface area contributed by atoms with Crippen molar-refractivity contribution in [2.45, 2.75) is 39.7 Å². The SMILES string of the molecule is Cc1cccc(C(=O)NCCCCOC(C)C)c1Br. The van der Waals surface area contributed by atoms with Crippen LogP contribution in [0.3, 0.4) is 0 Å². The lowest BCUT2D eigenvalue weighted by Crippen LogP contribution is -2.25. The van der Waals surface area contributed by atoms with Gasteiger partial charge in [0.05, 0.1) is 11.7 Å². The third kappa shape index (κ3) is 5.74. The van der Waals surface area contributed by atoms with Crippen LogP contribution in [0.2, 0.25) is 0 Å². The van der Waals surface area contributed by atoms with E-state index in [1.165, 1.54) is 0 Å². The van der Waals surface area contributed by atoms with E-state index >= 15 is 0 Å². The molecule has 3 nitrogen and oxygen atoms in total. The second kappa shape index (κ2) is 8.33. The molecule has 0 fully saturated rings. The highest BCUT2D eigenvalue weighted by Gasteiger charge is 2.10. The Balaban J connectivity index is 2.30. The fourth-order valence-corrected chi connectivity index (χ4v) is 2.11. The van der Waals surface area contributed by atoms with E-state index in [4.69, 9.17) is 4.74 Å². The average Bonchev–Trinajstić information content (AvgIpc) is 2.36. The predicted molar refractivity (Wildman–Crippen MR) is 81.5 cm³/mol. The molecule has 1 aromatic rings. The summed E-state index contributed by atoms with van der Waals surface area (Å²) in [5.74, 6) is -0.0275. The molecule has 0 aliphatic carbocycles. The van der Waals surface area contributed by atoms with Gasteiger partial charge in [0.2, 0.25) is 0 Å². The minimum atomic E-state index is -0.0275. The Bertz CT molecular complexity index is 419. The van der Waals surface area contributed by atoms with E-state index in [0.29, 0.717) is 12.1 Å². The second-order valence-corrected chi connectivity index (χ2v) is 5.61. The van der Waals surface area contributed by atoms with Crippen molar-refractivity contribution in [1.29, 1.82) is 0 Å². The number of carbonyl (C=O) groups excluding carboxylic acids is 1. The number of halogens is 1. The van der Waals surface area contributed by atoms with Crippen LogP contribution in [0.25, 0.3) is 0 Å². The fourth-order valence-electron chi connectivity index (χ4n) is 1.67. The van der Waals surface area contributed by atoms with E-state index in [1.54, 1.807) is 0 Å². The number of aryl methyl sites for hydroxylation is 1. The maximum absolute atomic E-state index is 12.0. The molecule has 1 rings (SSSR count). The van der Waals surface area contributed by atoms with Gasteiger partial charge in [-0.15, -0.1) is 0 Å². The summed E-state index contributed by atoms with van der Waals surface area (Å²) in [5, 5.41) is 2.93. The van der Waals surface area contributed by atoms with Crippen molar-refractivity contribution >= 4 is 21.8 Å². The summed E-state index contributed by atoms with van der Waals surface area (Å²) in [6.45, 7) is 7.46. The van der Waals surface area contributed by atoms with Crippen molar-refractivity contribution in [1.82, 2.24) is 5.32 Å². The van der Waals surface area contributed by atoms with E-state index in [9.17, 15) is 4.79 Å². The molecule has 0 atom stereocenters. The Morgan fingerprint density at radius 3 is 2.79 bits per heavy atom. The smallest absolute Gasteiger partial charge is 0.252 e. The van der Waals surface area contributed by atoms with Crippen molar-refractivity contribution in [3.63, 3.8) is 0 Å². The number of ether oxygens (including phenoxy) is 1. The molecule has 0 aliphatic rings. The van der Waals surface area contributed by atoms with Crippen LogP contribution >= 0.6 is 15.9 Å². The number of amides is 1. The summed E-state index contributed by atoms with van der Waals surface area (Å²) >= 11 is 3.45. The van der Waals surface area contributed by atoms with Crippen molar-refractivity contribution in [3.05, 3.63) is 33.8 Å². The molecule has 0 spiro atoms. The maximum Gasteiger partial charge on any atom is 0.252 e. The lowest BCUT2D eigenvalue weighted by molar-refractivity contribution is 0.0754. The summed E-state index contributed by atoms with van der Waals surface area (Å²) in [4.78, 5) is 12.0. The van der Waals surface area contributed by atoms with Crippen LogP contribution in [0.4, 0.5) is 0 Å². The minimum absolute atomic E-state index is 0.0275. The minimum Gasteiger partial charge on any atom is -0.379 e. The highest BCUT2D eigenvalue weighted by Crippen LogP contribution is 2.20. The first-order chi connectivity index (χ1) is 9.02. The van der Waals surface area contributed by atoms with Crippen LogP contribution < -0.4 is 5.32 Å². The highest BCUT2D eigenvalue weighted by molar-refractivity contribution is 9.10. The normalized spacial score (nSPS) is 10.8. The maximum atomic E-state index is 12.0. The van der Waals surface area contributed by atoms with Crippen LogP contribution in [0.1, 0.15) is 42.6 Å². The first-order valence-corrected chi connectivity index (χ1v) is 7.46. The summed E-state index contributed by atoms with van der Waals surface area (Å²) in [5.41, 5.74) is 1.76. The van der Waals surface area contributed by atoms with Gasteiger partial charge in [-0.3, -0.25) is 4.79 Å². The van der Waals surface area contributed by atoms with Crippen LogP contribution in [0, 0.1) is 6.92 Å². The first-order valence-electron chi connectivity index (χ1n) is 6.67. The van der Waals surface area contributed by atoms with E-state index in [1.807, 2.05) is 39.0 Å². The molecule has 0 heterocycles. The van der Waals surface area contributed by atoms with Gasteiger partial charge in [0.15, 0.2) is 0 Å². The summed E-state index contributed by atoms with van der Waals surface area (Å²) in [6.07, 6.45) is 2.17. The van der Waals surface area contributed by atoms with Crippen molar-refractivity contribution in [3.8, 4) is 0 Å². The van der Waals surface area contributed by atoms with Crippen LogP contribution in [0.15, 0.2) is 22.7 Å². The molecule has 0 aromatic heterocycles. The van der Waals surface area contributed by atoms with Gasteiger partial charge in [-0.25, -0.2) is 0 Å². The molecule has 0 saturated carbocycles. The number of hydrogen-bond donors (Lipinski definition) is 1. The third-order valence-electron chi connectivity index (χ3n) is 2.74. The molecule has 1 amide bonds. The molecule has 1 N–H and O–H groups in total. The number of benzene rings is 1. The lowest BCUT2D eigenvalue weighted by atomic mass is 10.1. The summed E-state index contributed by atoms with van der Waals surface area (Å²) in [6, 6.07) is 5.70. The standard InChI is InChI=1S/C15H22BrNO2/c1-11(2)19-10-5-4-9-17-15(18)13-8-6-7-12(3)14(13)16/h6-8,11H,4-5,9-10H2,1-3H3,(H,17,18). The van der Waals surface area contributed by atoms with Crippen LogP contribution in [-0.4, -0.2) is 25.2 Å². The zero-order valence-corrected chi connectivity index (χ0v) is 13.4. The number of rotatable bonds is 7.